The van der Waals surface area contributed by atoms with Crippen molar-refractivity contribution in [3.8, 4) is 0 Å². The van der Waals surface area contributed by atoms with Gasteiger partial charge in [-0.25, -0.2) is 0 Å². The molecule has 2 atom stereocenters. The Morgan fingerprint density at radius 2 is 1.61 bits per heavy atom. The van der Waals surface area contributed by atoms with Crippen molar-refractivity contribution in [3.63, 3.8) is 0 Å². The van der Waals surface area contributed by atoms with Crippen LogP contribution in [0.3, 0.4) is 0 Å². The standard InChI is InChI=1S/C16H18ClN/c1-2-13(12-8-4-3-5-9-12)16(18)14-10-6-7-11-15(14)17/h3-11,13,16H,2,18H2,1H3. The maximum atomic E-state index is 6.40. The second-order valence-electron chi connectivity index (χ2n) is 4.47. The van der Waals surface area contributed by atoms with Gasteiger partial charge >= 0.3 is 0 Å². The molecule has 94 valence electrons. The molecule has 2 heteroatoms. The zero-order valence-corrected chi connectivity index (χ0v) is 11.3. The second kappa shape index (κ2) is 6.03. The molecule has 2 rings (SSSR count). The summed E-state index contributed by atoms with van der Waals surface area (Å²) in [7, 11) is 0. The van der Waals surface area contributed by atoms with Gasteiger partial charge in [0, 0.05) is 17.0 Å². The Labute approximate surface area is 114 Å². The first kappa shape index (κ1) is 13.1. The Balaban J connectivity index is 2.32. The first-order chi connectivity index (χ1) is 8.74. The third kappa shape index (κ3) is 2.74. The summed E-state index contributed by atoms with van der Waals surface area (Å²) >= 11 is 6.23. The summed E-state index contributed by atoms with van der Waals surface area (Å²) in [6.45, 7) is 2.16. The SMILES string of the molecule is CCC(c1ccccc1)C(N)c1ccccc1Cl. The third-order valence-corrected chi connectivity index (χ3v) is 3.71. The molecular formula is C16H18ClN. The van der Waals surface area contributed by atoms with Gasteiger partial charge in [-0.2, -0.15) is 0 Å². The molecule has 0 saturated carbocycles. The molecule has 0 aliphatic heterocycles. The van der Waals surface area contributed by atoms with Crippen LogP contribution in [0.4, 0.5) is 0 Å². The van der Waals surface area contributed by atoms with E-state index in [1.54, 1.807) is 0 Å². The zero-order chi connectivity index (χ0) is 13.0. The van der Waals surface area contributed by atoms with Crippen molar-refractivity contribution in [1.82, 2.24) is 0 Å². The number of benzene rings is 2. The summed E-state index contributed by atoms with van der Waals surface area (Å²) in [5.74, 6) is 0.297. The molecule has 2 aromatic carbocycles. The molecule has 18 heavy (non-hydrogen) atoms. The van der Waals surface area contributed by atoms with Gasteiger partial charge in [-0.15, -0.1) is 0 Å². The monoisotopic (exact) mass is 259 g/mol. The summed E-state index contributed by atoms with van der Waals surface area (Å²) in [5.41, 5.74) is 8.69. The lowest BCUT2D eigenvalue weighted by Gasteiger charge is -2.24. The van der Waals surface area contributed by atoms with Crippen molar-refractivity contribution < 1.29 is 0 Å². The van der Waals surface area contributed by atoms with Crippen molar-refractivity contribution in [2.75, 3.05) is 0 Å². The fourth-order valence-electron chi connectivity index (χ4n) is 2.36. The van der Waals surface area contributed by atoms with Crippen LogP contribution in [0.15, 0.2) is 54.6 Å². The molecule has 0 saturated heterocycles. The molecule has 0 spiro atoms. The summed E-state index contributed by atoms with van der Waals surface area (Å²) in [5, 5.41) is 0.749. The maximum Gasteiger partial charge on any atom is 0.0453 e. The molecule has 0 heterocycles. The molecule has 0 bridgehead atoms. The van der Waals surface area contributed by atoms with Gasteiger partial charge in [-0.05, 0) is 23.6 Å². The van der Waals surface area contributed by atoms with Crippen molar-refractivity contribution in [2.24, 2.45) is 5.73 Å². The van der Waals surface area contributed by atoms with E-state index in [0.29, 0.717) is 5.92 Å². The molecule has 0 amide bonds. The van der Waals surface area contributed by atoms with Crippen molar-refractivity contribution in [2.45, 2.75) is 25.3 Å². The normalized spacial score (nSPS) is 14.2. The number of hydrogen-bond acceptors (Lipinski definition) is 1. The molecule has 1 nitrogen and oxygen atoms in total. The lowest BCUT2D eigenvalue weighted by molar-refractivity contribution is 0.539. The van der Waals surface area contributed by atoms with Crippen LogP contribution < -0.4 is 5.73 Å². The van der Waals surface area contributed by atoms with Gasteiger partial charge < -0.3 is 5.73 Å². The van der Waals surface area contributed by atoms with Crippen LogP contribution in [0.25, 0.3) is 0 Å². The predicted molar refractivity (Wildman–Crippen MR) is 77.9 cm³/mol. The highest BCUT2D eigenvalue weighted by Crippen LogP contribution is 2.34. The second-order valence-corrected chi connectivity index (χ2v) is 4.88. The van der Waals surface area contributed by atoms with E-state index in [4.69, 9.17) is 17.3 Å². The summed E-state index contributed by atoms with van der Waals surface area (Å²) in [4.78, 5) is 0. The van der Waals surface area contributed by atoms with E-state index in [0.717, 1.165) is 17.0 Å². The zero-order valence-electron chi connectivity index (χ0n) is 10.5. The molecule has 2 aromatic rings. The fraction of sp³-hybridized carbons (Fsp3) is 0.250. The average molecular weight is 260 g/mol. The van der Waals surface area contributed by atoms with Crippen molar-refractivity contribution in [3.05, 3.63) is 70.7 Å². The van der Waals surface area contributed by atoms with Crippen LogP contribution in [-0.4, -0.2) is 0 Å². The molecule has 0 radical (unpaired) electrons. The number of nitrogens with two attached hydrogens (primary N) is 1. The highest BCUT2D eigenvalue weighted by molar-refractivity contribution is 6.31. The van der Waals surface area contributed by atoms with Crippen molar-refractivity contribution in [1.29, 1.82) is 0 Å². The van der Waals surface area contributed by atoms with Crippen LogP contribution in [0, 0.1) is 0 Å². The summed E-state index contributed by atoms with van der Waals surface area (Å²) < 4.78 is 0. The molecule has 2 unspecified atom stereocenters. The highest BCUT2D eigenvalue weighted by atomic mass is 35.5. The van der Waals surface area contributed by atoms with Gasteiger partial charge in [0.1, 0.15) is 0 Å². The van der Waals surface area contributed by atoms with Crippen LogP contribution in [0.2, 0.25) is 5.02 Å². The van der Waals surface area contributed by atoms with Gasteiger partial charge in [0.05, 0.1) is 0 Å². The molecule has 0 aliphatic rings. The number of hydrogen-bond donors (Lipinski definition) is 1. The Kier molecular flexibility index (Phi) is 4.40. The first-order valence-corrected chi connectivity index (χ1v) is 6.66. The van der Waals surface area contributed by atoms with E-state index in [2.05, 4.69) is 31.2 Å². The molecule has 0 fully saturated rings. The van der Waals surface area contributed by atoms with Gasteiger partial charge in [0.25, 0.3) is 0 Å². The smallest absolute Gasteiger partial charge is 0.0453 e. The van der Waals surface area contributed by atoms with Gasteiger partial charge in [-0.3, -0.25) is 0 Å². The van der Waals surface area contributed by atoms with Crippen LogP contribution >= 0.6 is 11.6 Å². The van der Waals surface area contributed by atoms with Crippen LogP contribution in [0.5, 0.6) is 0 Å². The summed E-state index contributed by atoms with van der Waals surface area (Å²) in [6, 6.07) is 18.2. The number of rotatable bonds is 4. The van der Waals surface area contributed by atoms with E-state index >= 15 is 0 Å². The van der Waals surface area contributed by atoms with Gasteiger partial charge in [-0.1, -0.05) is 67.1 Å². The first-order valence-electron chi connectivity index (χ1n) is 6.29. The van der Waals surface area contributed by atoms with Gasteiger partial charge in [0.15, 0.2) is 0 Å². The largest absolute Gasteiger partial charge is 0.323 e. The molecule has 0 aromatic heterocycles. The van der Waals surface area contributed by atoms with Crippen molar-refractivity contribution >= 4 is 11.6 Å². The minimum absolute atomic E-state index is 0.0638. The van der Waals surface area contributed by atoms with Crippen LogP contribution in [0.1, 0.15) is 36.4 Å². The minimum Gasteiger partial charge on any atom is -0.323 e. The Hall–Kier alpha value is -1.31. The number of halogens is 1. The third-order valence-electron chi connectivity index (χ3n) is 3.37. The van der Waals surface area contributed by atoms with E-state index in [9.17, 15) is 0 Å². The Morgan fingerprint density at radius 3 is 2.22 bits per heavy atom. The Morgan fingerprint density at radius 1 is 1.00 bits per heavy atom. The fourth-order valence-corrected chi connectivity index (χ4v) is 2.62. The van der Waals surface area contributed by atoms with E-state index in [1.807, 2.05) is 30.3 Å². The van der Waals surface area contributed by atoms with E-state index in [-0.39, 0.29) is 6.04 Å². The van der Waals surface area contributed by atoms with E-state index < -0.39 is 0 Å². The molecular weight excluding hydrogens is 242 g/mol. The lowest BCUT2D eigenvalue weighted by Crippen LogP contribution is -2.19. The summed E-state index contributed by atoms with van der Waals surface area (Å²) in [6.07, 6.45) is 0.996. The maximum absolute atomic E-state index is 6.40. The minimum atomic E-state index is -0.0638. The topological polar surface area (TPSA) is 26.0 Å². The molecule has 0 aliphatic carbocycles. The highest BCUT2D eigenvalue weighted by Gasteiger charge is 2.21. The van der Waals surface area contributed by atoms with Crippen LogP contribution in [-0.2, 0) is 0 Å². The lowest BCUT2D eigenvalue weighted by atomic mass is 9.86. The van der Waals surface area contributed by atoms with Gasteiger partial charge in [0.2, 0.25) is 0 Å². The average Bonchev–Trinajstić information content (AvgIpc) is 2.41. The quantitative estimate of drug-likeness (QED) is 0.858. The predicted octanol–water partition coefficient (Wildman–Crippen LogP) is 4.53. The Bertz CT molecular complexity index is 495. The van der Waals surface area contributed by atoms with E-state index in [1.165, 1.54) is 5.56 Å². The molecule has 2 N–H and O–H groups in total.